The van der Waals surface area contributed by atoms with Crippen molar-refractivity contribution in [2.45, 2.75) is 25.1 Å². The van der Waals surface area contributed by atoms with Crippen LogP contribution >= 0.6 is 11.8 Å². The molecule has 1 aromatic carbocycles. The number of thioether (sulfide) groups is 1. The normalized spacial score (nSPS) is 20.4. The molecule has 1 saturated heterocycles. The van der Waals surface area contributed by atoms with Crippen molar-refractivity contribution in [1.29, 1.82) is 0 Å². The quantitative estimate of drug-likeness (QED) is 0.812. The lowest BCUT2D eigenvalue weighted by Crippen LogP contribution is -2.37. The summed E-state index contributed by atoms with van der Waals surface area (Å²) in [6.07, 6.45) is 1.09. The minimum Gasteiger partial charge on any atom is -0.494 e. The van der Waals surface area contributed by atoms with Crippen molar-refractivity contribution < 1.29 is 4.74 Å². The van der Waals surface area contributed by atoms with Crippen LogP contribution in [0.15, 0.2) is 24.3 Å². The summed E-state index contributed by atoms with van der Waals surface area (Å²) in [6.45, 7) is 7.24. The number of rotatable bonds is 6. The van der Waals surface area contributed by atoms with E-state index in [2.05, 4.69) is 23.6 Å². The van der Waals surface area contributed by atoms with Crippen LogP contribution in [0.4, 0.5) is 0 Å². The average Bonchev–Trinajstić information content (AvgIpc) is 2.44. The Morgan fingerprint density at radius 2 is 2.37 bits per heavy atom. The van der Waals surface area contributed by atoms with Crippen molar-refractivity contribution in [1.82, 2.24) is 4.90 Å². The maximum Gasteiger partial charge on any atom is 0.119 e. The first-order chi connectivity index (χ1) is 9.28. The molecule has 2 rings (SSSR count). The topological polar surface area (TPSA) is 38.5 Å². The third-order valence-electron chi connectivity index (χ3n) is 3.35. The highest BCUT2D eigenvalue weighted by molar-refractivity contribution is 7.99. The molecule has 1 heterocycles. The molecular weight excluding hydrogens is 256 g/mol. The minimum absolute atomic E-state index is 0.570. The first kappa shape index (κ1) is 14.7. The lowest BCUT2D eigenvalue weighted by atomic mass is 10.2. The fourth-order valence-electron chi connectivity index (χ4n) is 2.33. The van der Waals surface area contributed by atoms with E-state index in [1.807, 2.05) is 24.3 Å². The summed E-state index contributed by atoms with van der Waals surface area (Å²) in [5.41, 5.74) is 6.74. The van der Waals surface area contributed by atoms with Gasteiger partial charge in [0.1, 0.15) is 5.75 Å². The van der Waals surface area contributed by atoms with E-state index in [-0.39, 0.29) is 0 Å². The van der Waals surface area contributed by atoms with Crippen LogP contribution < -0.4 is 10.5 Å². The highest BCUT2D eigenvalue weighted by Gasteiger charge is 2.15. The van der Waals surface area contributed by atoms with Gasteiger partial charge in [-0.15, -0.1) is 0 Å². The summed E-state index contributed by atoms with van der Waals surface area (Å²) in [4.78, 5) is 2.54. The Morgan fingerprint density at radius 1 is 1.47 bits per heavy atom. The molecule has 0 aliphatic carbocycles. The van der Waals surface area contributed by atoms with E-state index in [4.69, 9.17) is 10.5 Å². The van der Waals surface area contributed by atoms with Crippen LogP contribution in [0.2, 0.25) is 0 Å². The van der Waals surface area contributed by atoms with Gasteiger partial charge in [0.15, 0.2) is 0 Å². The third kappa shape index (κ3) is 5.05. The Kier molecular flexibility index (Phi) is 6.01. The van der Waals surface area contributed by atoms with E-state index in [1.54, 1.807) is 0 Å². The third-order valence-corrected chi connectivity index (χ3v) is 4.48. The van der Waals surface area contributed by atoms with Crippen molar-refractivity contribution in [3.63, 3.8) is 0 Å². The van der Waals surface area contributed by atoms with Gasteiger partial charge in [0, 0.05) is 37.2 Å². The molecule has 1 aromatic rings. The van der Waals surface area contributed by atoms with E-state index in [9.17, 15) is 0 Å². The van der Waals surface area contributed by atoms with Gasteiger partial charge in [-0.2, -0.15) is 11.8 Å². The molecule has 0 aromatic heterocycles. The molecule has 1 unspecified atom stereocenters. The van der Waals surface area contributed by atoms with Crippen molar-refractivity contribution in [2.75, 3.05) is 32.0 Å². The Morgan fingerprint density at radius 3 is 3.16 bits per heavy atom. The molecule has 0 radical (unpaired) electrons. The zero-order valence-electron chi connectivity index (χ0n) is 11.7. The molecule has 0 spiro atoms. The zero-order chi connectivity index (χ0) is 13.5. The molecule has 1 aliphatic heterocycles. The van der Waals surface area contributed by atoms with E-state index in [0.717, 1.165) is 36.1 Å². The largest absolute Gasteiger partial charge is 0.494 e. The SMILES string of the molecule is CC1CN(CCCOc2cccc(CN)c2)CCS1. The number of nitrogens with zero attached hydrogens (tertiary/aromatic N) is 1. The standard InChI is InChI=1S/C15H24N2OS/c1-13-12-17(7-9-19-13)6-3-8-18-15-5-2-4-14(10-15)11-16/h2,4-5,10,13H,3,6-9,11-12,16H2,1H3. The molecule has 106 valence electrons. The van der Waals surface area contributed by atoms with Gasteiger partial charge in [0.2, 0.25) is 0 Å². The van der Waals surface area contributed by atoms with E-state index in [0.29, 0.717) is 6.54 Å². The fourth-order valence-corrected chi connectivity index (χ4v) is 3.42. The van der Waals surface area contributed by atoms with E-state index < -0.39 is 0 Å². The number of benzene rings is 1. The highest BCUT2D eigenvalue weighted by Crippen LogP contribution is 2.18. The summed E-state index contributed by atoms with van der Waals surface area (Å²) >= 11 is 2.08. The van der Waals surface area contributed by atoms with Gasteiger partial charge in [-0.3, -0.25) is 0 Å². The molecule has 0 bridgehead atoms. The van der Waals surface area contributed by atoms with Gasteiger partial charge in [-0.25, -0.2) is 0 Å². The molecule has 1 fully saturated rings. The van der Waals surface area contributed by atoms with Crippen LogP contribution in [0.5, 0.6) is 5.75 Å². The van der Waals surface area contributed by atoms with Crippen LogP contribution in [-0.4, -0.2) is 42.1 Å². The molecule has 2 N–H and O–H groups in total. The van der Waals surface area contributed by atoms with Gasteiger partial charge >= 0.3 is 0 Å². The first-order valence-electron chi connectivity index (χ1n) is 7.03. The molecule has 0 amide bonds. The Balaban J connectivity index is 1.66. The molecular formula is C15H24N2OS. The predicted octanol–water partition coefficient (Wildman–Crippen LogP) is 2.35. The van der Waals surface area contributed by atoms with Crippen molar-refractivity contribution in [3.8, 4) is 5.75 Å². The monoisotopic (exact) mass is 280 g/mol. The Bertz CT molecular complexity index is 386. The predicted molar refractivity (Wildman–Crippen MR) is 82.8 cm³/mol. The van der Waals surface area contributed by atoms with E-state index in [1.165, 1.54) is 18.8 Å². The zero-order valence-corrected chi connectivity index (χ0v) is 12.5. The van der Waals surface area contributed by atoms with Gasteiger partial charge in [-0.1, -0.05) is 19.1 Å². The second-order valence-corrected chi connectivity index (χ2v) is 6.58. The van der Waals surface area contributed by atoms with Crippen molar-refractivity contribution in [2.24, 2.45) is 5.73 Å². The van der Waals surface area contributed by atoms with Crippen molar-refractivity contribution >= 4 is 11.8 Å². The summed E-state index contributed by atoms with van der Waals surface area (Å²) < 4.78 is 5.78. The molecule has 4 heteroatoms. The lowest BCUT2D eigenvalue weighted by molar-refractivity contribution is 0.241. The minimum atomic E-state index is 0.570. The summed E-state index contributed by atoms with van der Waals surface area (Å²) in [5.74, 6) is 2.20. The maximum atomic E-state index is 5.78. The van der Waals surface area contributed by atoms with E-state index >= 15 is 0 Å². The van der Waals surface area contributed by atoms with Gasteiger partial charge < -0.3 is 15.4 Å². The average molecular weight is 280 g/mol. The van der Waals surface area contributed by atoms with Gasteiger partial charge in [0.05, 0.1) is 6.61 Å². The maximum absolute atomic E-state index is 5.78. The van der Waals surface area contributed by atoms with Crippen LogP contribution in [0, 0.1) is 0 Å². The summed E-state index contributed by atoms with van der Waals surface area (Å²) in [6, 6.07) is 8.05. The molecule has 0 saturated carbocycles. The van der Waals surface area contributed by atoms with Crippen molar-refractivity contribution in [3.05, 3.63) is 29.8 Å². The molecule has 3 nitrogen and oxygen atoms in total. The van der Waals surface area contributed by atoms with Crippen LogP contribution in [0.25, 0.3) is 0 Å². The second kappa shape index (κ2) is 7.78. The fraction of sp³-hybridized carbons (Fsp3) is 0.600. The number of nitrogens with two attached hydrogens (primary N) is 1. The number of hydrogen-bond donors (Lipinski definition) is 1. The van der Waals surface area contributed by atoms with Crippen LogP contribution in [-0.2, 0) is 6.54 Å². The summed E-state index contributed by atoms with van der Waals surface area (Å²) in [7, 11) is 0. The molecule has 1 atom stereocenters. The van der Waals surface area contributed by atoms with Gasteiger partial charge in [0.25, 0.3) is 0 Å². The Labute approximate surface area is 120 Å². The molecule has 1 aliphatic rings. The number of ether oxygens (including phenoxy) is 1. The lowest BCUT2D eigenvalue weighted by Gasteiger charge is -2.30. The summed E-state index contributed by atoms with van der Waals surface area (Å²) in [5, 5.41) is 0.774. The number of hydrogen-bond acceptors (Lipinski definition) is 4. The highest BCUT2D eigenvalue weighted by atomic mass is 32.2. The first-order valence-corrected chi connectivity index (χ1v) is 8.08. The second-order valence-electron chi connectivity index (χ2n) is 5.04. The van der Waals surface area contributed by atoms with Gasteiger partial charge in [-0.05, 0) is 24.1 Å². The van der Waals surface area contributed by atoms with Crippen LogP contribution in [0.3, 0.4) is 0 Å². The smallest absolute Gasteiger partial charge is 0.119 e. The van der Waals surface area contributed by atoms with Crippen LogP contribution in [0.1, 0.15) is 18.9 Å². The molecule has 19 heavy (non-hydrogen) atoms. The Hall–Kier alpha value is -0.710.